The molecule has 0 saturated carbocycles. The topological polar surface area (TPSA) is 154 Å². The lowest BCUT2D eigenvalue weighted by Gasteiger charge is -2.08. The van der Waals surface area contributed by atoms with Gasteiger partial charge in [-0.05, 0) is 98.2 Å². The number of hydrogen-bond donors (Lipinski definition) is 7. The van der Waals surface area contributed by atoms with Crippen LogP contribution < -0.4 is 26.6 Å². The quantitative estimate of drug-likeness (QED) is 0.217. The Morgan fingerprint density at radius 1 is 0.786 bits per heavy atom. The fourth-order valence-electron chi connectivity index (χ4n) is 5.98. The van der Waals surface area contributed by atoms with Crippen LogP contribution in [0.4, 0.5) is 0 Å². The molecule has 0 amide bonds. The van der Waals surface area contributed by atoms with E-state index < -0.39 is 11.9 Å². The normalized spacial score (nSPS) is 20.0. The van der Waals surface area contributed by atoms with Crippen molar-refractivity contribution in [3.63, 3.8) is 0 Å². The van der Waals surface area contributed by atoms with Gasteiger partial charge in [-0.15, -0.1) is 6.58 Å². The molecule has 2 aliphatic heterocycles. The molecule has 5 rings (SSSR count). The van der Waals surface area contributed by atoms with Crippen molar-refractivity contribution < 1.29 is 24.9 Å². The largest absolute Gasteiger partial charge is 0.515 e. The summed E-state index contributed by atoms with van der Waals surface area (Å²) in [5.74, 6) is -1.83. The number of carbonyl (C=O) groups is 2. The molecular formula is C33H36N4O5. The van der Waals surface area contributed by atoms with E-state index in [2.05, 4.69) is 26.8 Å². The monoisotopic (exact) mass is 568 g/mol. The number of rotatable bonds is 7. The van der Waals surface area contributed by atoms with Crippen LogP contribution in [-0.4, -0.2) is 42.2 Å². The number of aliphatic hydroxyl groups excluding tert-OH is 1. The zero-order chi connectivity index (χ0) is 30.3. The lowest BCUT2D eigenvalue weighted by Crippen LogP contribution is -2.25. The number of allylic oxidation sites excluding steroid dienone is 2. The SMILES string of the molecule is C=C[C@@H]1C(C)=C2/C=c3\[nH]c(c(C)\c3=C/O)/C=c3\[nH]/c(c(CCC(=O)O)c3C)=C\c3[nH]c(c(C)c3CCC(=O)O)/C=C/1N2. The molecule has 42 heavy (non-hydrogen) atoms. The zero-order valence-electron chi connectivity index (χ0n) is 24.2. The van der Waals surface area contributed by atoms with E-state index in [1.165, 1.54) is 0 Å². The van der Waals surface area contributed by atoms with Gasteiger partial charge >= 0.3 is 11.9 Å². The molecular weight excluding hydrogens is 532 g/mol. The van der Waals surface area contributed by atoms with Crippen molar-refractivity contribution in [3.8, 4) is 0 Å². The third kappa shape index (κ3) is 5.13. The van der Waals surface area contributed by atoms with Crippen molar-refractivity contribution in [2.75, 3.05) is 0 Å². The predicted octanol–water partition coefficient (Wildman–Crippen LogP) is 2.40. The molecule has 9 heteroatoms. The maximum Gasteiger partial charge on any atom is 0.303 e. The first kappa shape index (κ1) is 28.6. The van der Waals surface area contributed by atoms with E-state index in [-0.39, 0.29) is 18.8 Å². The van der Waals surface area contributed by atoms with Crippen LogP contribution in [0, 0.1) is 26.7 Å². The molecule has 7 N–H and O–H groups in total. The van der Waals surface area contributed by atoms with Crippen molar-refractivity contribution in [2.45, 2.75) is 53.4 Å². The first-order valence-electron chi connectivity index (χ1n) is 13.9. The first-order chi connectivity index (χ1) is 20.0. The number of fused-ring (bicyclic) bond motifs is 8. The van der Waals surface area contributed by atoms with Gasteiger partial charge in [-0.2, -0.15) is 0 Å². The summed E-state index contributed by atoms with van der Waals surface area (Å²) in [6, 6.07) is 0. The van der Waals surface area contributed by atoms with Crippen LogP contribution in [0.15, 0.2) is 29.6 Å². The van der Waals surface area contributed by atoms with Crippen molar-refractivity contribution in [2.24, 2.45) is 5.92 Å². The maximum atomic E-state index is 11.5. The number of nitrogens with one attached hydrogen (secondary N) is 4. The average Bonchev–Trinajstić information content (AvgIpc) is 3.59. The van der Waals surface area contributed by atoms with E-state index >= 15 is 0 Å². The van der Waals surface area contributed by atoms with Crippen LogP contribution in [0.1, 0.15) is 64.7 Å². The van der Waals surface area contributed by atoms with Gasteiger partial charge in [-0.3, -0.25) is 9.59 Å². The van der Waals surface area contributed by atoms with E-state index in [1.54, 1.807) is 0 Å². The minimum absolute atomic E-state index is 0.0179. The number of H-pyrrole nitrogens is 3. The highest BCUT2D eigenvalue weighted by molar-refractivity contribution is 5.71. The molecule has 0 saturated heterocycles. The van der Waals surface area contributed by atoms with Crippen molar-refractivity contribution in [3.05, 3.63) is 95.8 Å². The highest BCUT2D eigenvalue weighted by Gasteiger charge is 2.25. The van der Waals surface area contributed by atoms with Gasteiger partial charge in [0.2, 0.25) is 0 Å². The molecule has 0 aliphatic carbocycles. The first-order valence-corrected chi connectivity index (χ1v) is 13.9. The summed E-state index contributed by atoms with van der Waals surface area (Å²) in [7, 11) is 0. The molecule has 3 aromatic rings. The second-order valence-electron chi connectivity index (χ2n) is 11.0. The molecule has 0 radical (unpaired) electrons. The average molecular weight is 569 g/mol. The summed E-state index contributed by atoms with van der Waals surface area (Å²) >= 11 is 0. The second kappa shape index (κ2) is 11.2. The fourth-order valence-corrected chi connectivity index (χ4v) is 5.98. The van der Waals surface area contributed by atoms with E-state index in [4.69, 9.17) is 0 Å². The van der Waals surface area contributed by atoms with Crippen LogP contribution in [0.5, 0.6) is 0 Å². The molecule has 9 nitrogen and oxygen atoms in total. The summed E-state index contributed by atoms with van der Waals surface area (Å²) in [5.41, 5.74) is 9.84. The van der Waals surface area contributed by atoms with Crippen molar-refractivity contribution in [1.82, 2.24) is 20.3 Å². The summed E-state index contributed by atoms with van der Waals surface area (Å²) in [6.45, 7) is 12.0. The molecule has 8 bridgehead atoms. The predicted molar refractivity (Wildman–Crippen MR) is 163 cm³/mol. The Kier molecular flexibility index (Phi) is 7.60. The van der Waals surface area contributed by atoms with E-state index in [1.807, 2.05) is 58.1 Å². The van der Waals surface area contributed by atoms with Gasteiger partial charge in [-0.1, -0.05) is 6.08 Å². The minimum Gasteiger partial charge on any atom is -0.515 e. The van der Waals surface area contributed by atoms with Crippen LogP contribution in [0.2, 0.25) is 0 Å². The minimum atomic E-state index is -0.885. The van der Waals surface area contributed by atoms with Gasteiger partial charge in [0.1, 0.15) is 0 Å². The highest BCUT2D eigenvalue weighted by atomic mass is 16.4. The lowest BCUT2D eigenvalue weighted by atomic mass is 9.97. The number of aliphatic hydroxyl groups is 1. The van der Waals surface area contributed by atoms with Gasteiger partial charge in [0.15, 0.2) is 0 Å². The van der Waals surface area contributed by atoms with Crippen LogP contribution in [-0.2, 0) is 22.4 Å². The van der Waals surface area contributed by atoms with Gasteiger partial charge in [0, 0.05) is 63.2 Å². The Morgan fingerprint density at radius 2 is 1.43 bits per heavy atom. The maximum absolute atomic E-state index is 11.5. The molecule has 0 unspecified atom stereocenters. The Morgan fingerprint density at radius 3 is 2.07 bits per heavy atom. The third-order valence-electron chi connectivity index (χ3n) is 8.48. The number of hydrogen-bond acceptors (Lipinski definition) is 4. The van der Waals surface area contributed by atoms with Gasteiger partial charge in [-0.25, -0.2) is 0 Å². The van der Waals surface area contributed by atoms with Crippen molar-refractivity contribution in [1.29, 1.82) is 0 Å². The van der Waals surface area contributed by atoms with E-state index in [0.717, 1.165) is 84.2 Å². The molecule has 2 aliphatic rings. The Balaban J connectivity index is 1.88. The van der Waals surface area contributed by atoms with Crippen molar-refractivity contribution >= 4 is 42.5 Å². The third-order valence-corrected chi connectivity index (χ3v) is 8.48. The standard InChI is InChI=1S/C33H36N4O5/c1-6-20-16(2)26-13-31-23(15-38)19(5)25(37-31)11-24-17(3)21(7-9-32(39)40)29(35-24)14-30-22(8-10-33(41)42)18(4)27(36-30)12-28(20)34-26/h6,11-15,20,34-38H,1,7-10H2,2-5H3,(H,39,40)(H,41,42)/b23-15+,24-11-,28-12-,29-14-,31-13-/t20-/m1/s1. The molecule has 5 heterocycles. The number of carboxylic acids is 2. The summed E-state index contributed by atoms with van der Waals surface area (Å²) in [5, 5.41) is 35.6. The number of carboxylic acid groups (broad SMARTS) is 2. The zero-order valence-corrected chi connectivity index (χ0v) is 24.2. The summed E-state index contributed by atoms with van der Waals surface area (Å²) < 4.78 is 0. The molecule has 1 atom stereocenters. The smallest absolute Gasteiger partial charge is 0.303 e. The van der Waals surface area contributed by atoms with Gasteiger partial charge < -0.3 is 35.6 Å². The molecule has 0 aromatic carbocycles. The van der Waals surface area contributed by atoms with Gasteiger partial charge in [0.05, 0.1) is 11.6 Å². The fraction of sp³-hybridized carbons (Fsp3) is 0.273. The van der Waals surface area contributed by atoms with Crippen LogP contribution >= 0.6 is 0 Å². The summed E-state index contributed by atoms with van der Waals surface area (Å²) in [4.78, 5) is 33.5. The van der Waals surface area contributed by atoms with Crippen LogP contribution in [0.25, 0.3) is 30.6 Å². The second-order valence-corrected chi connectivity index (χ2v) is 11.0. The lowest BCUT2D eigenvalue weighted by molar-refractivity contribution is -0.138. The number of aliphatic carboxylic acids is 2. The Labute approximate surface area is 242 Å². The Bertz CT molecular complexity index is 1940. The van der Waals surface area contributed by atoms with Gasteiger partial charge in [0.25, 0.3) is 0 Å². The molecule has 0 spiro atoms. The number of aromatic amines is 3. The van der Waals surface area contributed by atoms with Crippen LogP contribution in [0.3, 0.4) is 0 Å². The van der Waals surface area contributed by atoms with E-state index in [0.29, 0.717) is 18.1 Å². The molecule has 218 valence electrons. The summed E-state index contributed by atoms with van der Waals surface area (Å²) in [6.07, 6.45) is 11.6. The highest BCUT2D eigenvalue weighted by Crippen LogP contribution is 2.33. The molecule has 0 fully saturated rings. The molecule has 3 aromatic heterocycles. The Hall–Kier alpha value is -4.92. The van der Waals surface area contributed by atoms with E-state index in [9.17, 15) is 24.9 Å². The number of aromatic nitrogens is 3.